The fourth-order valence-electron chi connectivity index (χ4n) is 3.72. The first-order chi connectivity index (χ1) is 13.8. The van der Waals surface area contributed by atoms with Gasteiger partial charge in [-0.1, -0.05) is 31.0 Å². The molecule has 0 aromatic heterocycles. The largest absolute Gasteiger partial charge is 0.491 e. The average Bonchev–Trinajstić information content (AvgIpc) is 3.21. The van der Waals surface area contributed by atoms with Gasteiger partial charge >= 0.3 is 0 Å². The zero-order valence-corrected chi connectivity index (χ0v) is 17.9. The summed E-state index contributed by atoms with van der Waals surface area (Å²) in [5, 5.41) is 2.82. The van der Waals surface area contributed by atoms with Gasteiger partial charge in [-0.2, -0.15) is 0 Å². The van der Waals surface area contributed by atoms with Crippen LogP contribution in [0.15, 0.2) is 54.6 Å². The molecule has 0 aliphatic heterocycles. The molecule has 0 heterocycles. The third-order valence-electron chi connectivity index (χ3n) is 5.28. The number of sulfonamides is 1. The number of hydrogen-bond donors (Lipinski definition) is 1. The van der Waals surface area contributed by atoms with E-state index in [0.29, 0.717) is 42.8 Å². The van der Waals surface area contributed by atoms with E-state index >= 15 is 0 Å². The standard InChI is InChI=1S/C22H28N2O4S/c1-17(2)28-20-13-11-18(12-14-20)23-21(25)22(15-7-8-16-22)29(26,27)24(3)19-9-5-4-6-10-19/h4-6,9-14,17H,7-8,15-16H2,1-3H3,(H,23,25). The van der Waals surface area contributed by atoms with E-state index in [4.69, 9.17) is 4.74 Å². The average molecular weight is 417 g/mol. The SMILES string of the molecule is CC(C)Oc1ccc(NC(=O)C2(S(=O)(=O)N(C)c3ccccc3)CCCC2)cc1. The first-order valence-corrected chi connectivity index (χ1v) is 11.3. The lowest BCUT2D eigenvalue weighted by Gasteiger charge is -2.33. The molecule has 1 N–H and O–H groups in total. The smallest absolute Gasteiger partial charge is 0.249 e. The summed E-state index contributed by atoms with van der Waals surface area (Å²) in [5.41, 5.74) is 1.09. The predicted octanol–water partition coefficient (Wildman–Crippen LogP) is 4.19. The Balaban J connectivity index is 1.85. The van der Waals surface area contributed by atoms with Crippen LogP contribution in [0.4, 0.5) is 11.4 Å². The minimum atomic E-state index is -3.90. The van der Waals surface area contributed by atoms with E-state index in [1.165, 1.54) is 11.4 Å². The summed E-state index contributed by atoms with van der Waals surface area (Å²) in [6.45, 7) is 3.88. The van der Waals surface area contributed by atoms with Crippen molar-refractivity contribution in [3.05, 3.63) is 54.6 Å². The molecular weight excluding hydrogens is 388 g/mol. The maximum atomic E-state index is 13.5. The molecule has 0 bridgehead atoms. The third kappa shape index (κ3) is 4.24. The van der Waals surface area contributed by atoms with Crippen molar-refractivity contribution >= 4 is 27.3 Å². The van der Waals surface area contributed by atoms with Gasteiger partial charge in [0.15, 0.2) is 4.75 Å². The summed E-state index contributed by atoms with van der Waals surface area (Å²) in [6.07, 6.45) is 2.09. The normalized spacial score (nSPS) is 15.9. The molecule has 2 aromatic carbocycles. The fraction of sp³-hybridized carbons (Fsp3) is 0.409. The van der Waals surface area contributed by atoms with Crippen molar-refractivity contribution in [2.45, 2.75) is 50.4 Å². The van der Waals surface area contributed by atoms with Crippen molar-refractivity contribution in [1.29, 1.82) is 0 Å². The Kier molecular flexibility index (Phi) is 6.17. The van der Waals surface area contributed by atoms with Crippen molar-refractivity contribution in [2.24, 2.45) is 0 Å². The van der Waals surface area contributed by atoms with Gasteiger partial charge in [-0.3, -0.25) is 9.10 Å². The Hall–Kier alpha value is -2.54. The highest BCUT2D eigenvalue weighted by Gasteiger charge is 2.54. The second-order valence-electron chi connectivity index (χ2n) is 7.65. The lowest BCUT2D eigenvalue weighted by Crippen LogP contribution is -2.53. The van der Waals surface area contributed by atoms with Gasteiger partial charge in [0.25, 0.3) is 0 Å². The van der Waals surface area contributed by atoms with Crippen molar-refractivity contribution in [1.82, 2.24) is 0 Å². The van der Waals surface area contributed by atoms with E-state index in [9.17, 15) is 13.2 Å². The number of amides is 1. The third-order valence-corrected chi connectivity index (χ3v) is 7.80. The monoisotopic (exact) mass is 416 g/mol. The van der Waals surface area contributed by atoms with Crippen LogP contribution in [0.3, 0.4) is 0 Å². The van der Waals surface area contributed by atoms with Crippen LogP contribution in [-0.4, -0.2) is 32.2 Å². The number of carbonyl (C=O) groups excluding carboxylic acids is 1. The summed E-state index contributed by atoms with van der Waals surface area (Å²) in [4.78, 5) is 13.2. The Labute approximate surface area is 172 Å². The van der Waals surface area contributed by atoms with E-state index in [0.717, 1.165) is 0 Å². The molecule has 6 nitrogen and oxygen atoms in total. The van der Waals surface area contributed by atoms with Crippen LogP contribution in [0.1, 0.15) is 39.5 Å². The Morgan fingerprint density at radius 1 is 1.03 bits per heavy atom. The summed E-state index contributed by atoms with van der Waals surface area (Å²) in [7, 11) is -2.39. The van der Waals surface area contributed by atoms with E-state index in [1.807, 2.05) is 19.9 Å². The summed E-state index contributed by atoms with van der Waals surface area (Å²) in [5.74, 6) is 0.223. The molecule has 2 aromatic rings. The summed E-state index contributed by atoms with van der Waals surface area (Å²) in [6, 6.07) is 15.8. The molecule has 1 aliphatic carbocycles. The Morgan fingerprint density at radius 3 is 2.17 bits per heavy atom. The number of rotatable bonds is 7. The quantitative estimate of drug-likeness (QED) is 0.734. The van der Waals surface area contributed by atoms with Crippen molar-refractivity contribution < 1.29 is 17.9 Å². The van der Waals surface area contributed by atoms with Crippen LogP contribution in [0.25, 0.3) is 0 Å². The molecule has 156 valence electrons. The molecule has 1 aliphatic rings. The second kappa shape index (κ2) is 8.45. The Morgan fingerprint density at radius 2 is 1.62 bits per heavy atom. The molecule has 0 spiro atoms. The molecular formula is C22H28N2O4S. The van der Waals surface area contributed by atoms with Crippen molar-refractivity contribution in [2.75, 3.05) is 16.7 Å². The molecule has 3 rings (SSSR count). The number of benzene rings is 2. The molecule has 0 radical (unpaired) electrons. The maximum Gasteiger partial charge on any atom is 0.249 e. The zero-order valence-electron chi connectivity index (χ0n) is 17.1. The highest BCUT2D eigenvalue weighted by molar-refractivity contribution is 7.95. The lowest BCUT2D eigenvalue weighted by molar-refractivity contribution is -0.118. The van der Waals surface area contributed by atoms with Crippen LogP contribution in [0.5, 0.6) is 5.75 Å². The predicted molar refractivity (Wildman–Crippen MR) is 116 cm³/mol. The van der Waals surface area contributed by atoms with Crippen LogP contribution in [-0.2, 0) is 14.8 Å². The van der Waals surface area contributed by atoms with Gasteiger partial charge in [0.05, 0.1) is 11.8 Å². The molecule has 0 atom stereocenters. The van der Waals surface area contributed by atoms with Gasteiger partial charge in [0.1, 0.15) is 5.75 Å². The fourth-order valence-corrected chi connectivity index (χ4v) is 5.73. The van der Waals surface area contributed by atoms with E-state index in [1.54, 1.807) is 48.5 Å². The lowest BCUT2D eigenvalue weighted by atomic mass is 10.1. The van der Waals surface area contributed by atoms with E-state index in [-0.39, 0.29) is 6.10 Å². The minimum absolute atomic E-state index is 0.0517. The molecule has 0 unspecified atom stereocenters. The molecule has 0 saturated heterocycles. The zero-order chi connectivity index (χ0) is 21.1. The molecule has 1 saturated carbocycles. The number of nitrogens with zero attached hydrogens (tertiary/aromatic N) is 1. The first-order valence-electron chi connectivity index (χ1n) is 9.88. The number of hydrogen-bond acceptors (Lipinski definition) is 4. The van der Waals surface area contributed by atoms with Gasteiger partial charge in [0.2, 0.25) is 15.9 Å². The van der Waals surface area contributed by atoms with Gasteiger partial charge in [-0.15, -0.1) is 0 Å². The van der Waals surface area contributed by atoms with Crippen LogP contribution < -0.4 is 14.4 Å². The van der Waals surface area contributed by atoms with Crippen LogP contribution in [0.2, 0.25) is 0 Å². The number of para-hydroxylation sites is 1. The topological polar surface area (TPSA) is 75.7 Å². The maximum absolute atomic E-state index is 13.5. The van der Waals surface area contributed by atoms with Crippen molar-refractivity contribution in [3.8, 4) is 5.75 Å². The first kappa shape index (κ1) is 21.2. The van der Waals surface area contributed by atoms with Crippen LogP contribution in [0, 0.1) is 0 Å². The highest BCUT2D eigenvalue weighted by Crippen LogP contribution is 2.40. The number of carbonyl (C=O) groups is 1. The molecule has 29 heavy (non-hydrogen) atoms. The van der Waals surface area contributed by atoms with Gasteiger partial charge < -0.3 is 10.1 Å². The minimum Gasteiger partial charge on any atom is -0.491 e. The van der Waals surface area contributed by atoms with E-state index in [2.05, 4.69) is 5.32 Å². The Bertz CT molecular complexity index is 935. The number of ether oxygens (including phenoxy) is 1. The van der Waals surface area contributed by atoms with Crippen LogP contribution >= 0.6 is 0 Å². The van der Waals surface area contributed by atoms with Gasteiger partial charge in [-0.05, 0) is 63.1 Å². The number of nitrogens with one attached hydrogen (secondary N) is 1. The number of anilines is 2. The molecule has 7 heteroatoms. The van der Waals surface area contributed by atoms with Gasteiger partial charge in [-0.25, -0.2) is 8.42 Å². The summed E-state index contributed by atoms with van der Waals surface area (Å²) >= 11 is 0. The van der Waals surface area contributed by atoms with Crippen molar-refractivity contribution in [3.63, 3.8) is 0 Å². The molecule has 1 fully saturated rings. The summed E-state index contributed by atoms with van der Waals surface area (Å²) < 4.78 is 32.4. The second-order valence-corrected chi connectivity index (χ2v) is 9.93. The van der Waals surface area contributed by atoms with Gasteiger partial charge in [0, 0.05) is 12.7 Å². The highest BCUT2D eigenvalue weighted by atomic mass is 32.2. The van der Waals surface area contributed by atoms with E-state index < -0.39 is 20.7 Å². The molecule has 1 amide bonds.